The molecule has 0 heterocycles. The second-order valence-electron chi connectivity index (χ2n) is 5.56. The lowest BCUT2D eigenvalue weighted by molar-refractivity contribution is -0.386. The number of amides is 1. The van der Waals surface area contributed by atoms with Crippen LogP contribution in [-0.2, 0) is 4.79 Å². The van der Waals surface area contributed by atoms with E-state index in [1.807, 2.05) is 0 Å². The molecule has 0 spiro atoms. The van der Waals surface area contributed by atoms with Crippen LogP contribution in [0.3, 0.4) is 0 Å². The first-order chi connectivity index (χ1) is 11.5. The predicted molar refractivity (Wildman–Crippen MR) is 84.0 cm³/mol. The number of hydrogen-bond donors (Lipinski definition) is 1. The molecule has 7 heteroatoms. The van der Waals surface area contributed by atoms with Crippen LogP contribution in [0.1, 0.15) is 24.5 Å². The SMILES string of the molecule is O=C(NC1CC1)[C@H](Oc1cc(F)ccc1[N+](=O)[O-])c1ccccc1. The molecule has 0 aromatic heterocycles. The van der Waals surface area contributed by atoms with Gasteiger partial charge in [-0.3, -0.25) is 14.9 Å². The topological polar surface area (TPSA) is 81.5 Å². The molecule has 24 heavy (non-hydrogen) atoms. The molecule has 0 aliphatic heterocycles. The Morgan fingerprint density at radius 2 is 1.96 bits per heavy atom. The van der Waals surface area contributed by atoms with Gasteiger partial charge in [0.2, 0.25) is 11.9 Å². The Labute approximate surface area is 137 Å². The number of nitro benzene ring substituents is 1. The number of carbonyl (C=O) groups is 1. The Kier molecular flexibility index (Phi) is 4.41. The van der Waals surface area contributed by atoms with E-state index in [4.69, 9.17) is 4.74 Å². The summed E-state index contributed by atoms with van der Waals surface area (Å²) in [5, 5.41) is 13.9. The number of nitrogens with one attached hydrogen (secondary N) is 1. The van der Waals surface area contributed by atoms with Crippen LogP contribution in [0.15, 0.2) is 48.5 Å². The van der Waals surface area contributed by atoms with Crippen molar-refractivity contribution in [3.63, 3.8) is 0 Å². The summed E-state index contributed by atoms with van der Waals surface area (Å²) in [7, 11) is 0. The summed E-state index contributed by atoms with van der Waals surface area (Å²) in [6.07, 6.45) is 0.702. The Morgan fingerprint density at radius 3 is 2.58 bits per heavy atom. The van der Waals surface area contributed by atoms with Gasteiger partial charge in [-0.15, -0.1) is 0 Å². The molecule has 1 saturated carbocycles. The maximum Gasteiger partial charge on any atom is 0.311 e. The van der Waals surface area contributed by atoms with Crippen molar-refractivity contribution in [3.8, 4) is 5.75 Å². The molecule has 124 valence electrons. The average Bonchev–Trinajstić information content (AvgIpc) is 3.37. The summed E-state index contributed by atoms with van der Waals surface area (Å²) in [6, 6.07) is 11.6. The van der Waals surface area contributed by atoms with E-state index in [1.54, 1.807) is 30.3 Å². The van der Waals surface area contributed by atoms with Gasteiger partial charge in [-0.1, -0.05) is 30.3 Å². The van der Waals surface area contributed by atoms with Crippen molar-refractivity contribution in [3.05, 3.63) is 70.0 Å². The normalized spacial score (nSPS) is 14.7. The van der Waals surface area contributed by atoms with E-state index >= 15 is 0 Å². The number of carbonyl (C=O) groups excluding carboxylic acids is 1. The molecule has 0 radical (unpaired) electrons. The molecular weight excluding hydrogens is 315 g/mol. The summed E-state index contributed by atoms with van der Waals surface area (Å²) in [4.78, 5) is 22.9. The van der Waals surface area contributed by atoms with Gasteiger partial charge in [0.1, 0.15) is 5.82 Å². The van der Waals surface area contributed by atoms with Gasteiger partial charge < -0.3 is 10.1 Å². The minimum Gasteiger partial charge on any atom is -0.468 e. The molecule has 0 saturated heterocycles. The lowest BCUT2D eigenvalue weighted by Gasteiger charge is -2.19. The zero-order valence-corrected chi connectivity index (χ0v) is 12.6. The highest BCUT2D eigenvalue weighted by Gasteiger charge is 2.31. The van der Waals surface area contributed by atoms with E-state index in [0.717, 1.165) is 31.0 Å². The fraction of sp³-hybridized carbons (Fsp3) is 0.235. The molecular formula is C17H15FN2O4. The van der Waals surface area contributed by atoms with Crippen LogP contribution < -0.4 is 10.1 Å². The lowest BCUT2D eigenvalue weighted by atomic mass is 10.1. The first-order valence-corrected chi connectivity index (χ1v) is 7.50. The van der Waals surface area contributed by atoms with Crippen molar-refractivity contribution in [2.75, 3.05) is 0 Å². The Bertz CT molecular complexity index is 762. The smallest absolute Gasteiger partial charge is 0.311 e. The van der Waals surface area contributed by atoms with Crippen molar-refractivity contribution in [1.29, 1.82) is 0 Å². The minimum absolute atomic E-state index is 0.106. The molecule has 2 aromatic carbocycles. The fourth-order valence-electron chi connectivity index (χ4n) is 2.27. The summed E-state index contributed by atoms with van der Waals surface area (Å²) in [6.45, 7) is 0. The van der Waals surface area contributed by atoms with Gasteiger partial charge >= 0.3 is 5.69 Å². The standard InChI is InChI=1S/C17H15FN2O4/c18-12-6-9-14(20(22)23)15(10-12)24-16(11-4-2-1-3-5-11)17(21)19-13-7-8-13/h1-6,9-10,13,16H,7-8H2,(H,19,21)/t16-/m1/s1. The monoisotopic (exact) mass is 330 g/mol. The third-order valence-electron chi connectivity index (χ3n) is 3.63. The largest absolute Gasteiger partial charge is 0.468 e. The second kappa shape index (κ2) is 6.66. The molecule has 0 unspecified atom stereocenters. The number of hydrogen-bond acceptors (Lipinski definition) is 4. The van der Waals surface area contributed by atoms with Crippen LogP contribution in [0.4, 0.5) is 10.1 Å². The van der Waals surface area contributed by atoms with Crippen molar-refractivity contribution >= 4 is 11.6 Å². The van der Waals surface area contributed by atoms with Crippen LogP contribution >= 0.6 is 0 Å². The third-order valence-corrected chi connectivity index (χ3v) is 3.63. The van der Waals surface area contributed by atoms with Gasteiger partial charge in [-0.05, 0) is 18.9 Å². The molecule has 0 bridgehead atoms. The van der Waals surface area contributed by atoms with E-state index in [-0.39, 0.29) is 11.8 Å². The fourth-order valence-corrected chi connectivity index (χ4v) is 2.27. The van der Waals surface area contributed by atoms with E-state index in [0.29, 0.717) is 5.56 Å². The van der Waals surface area contributed by atoms with Crippen molar-refractivity contribution in [2.24, 2.45) is 0 Å². The third kappa shape index (κ3) is 3.68. The molecule has 1 atom stereocenters. The van der Waals surface area contributed by atoms with Gasteiger partial charge in [0.15, 0.2) is 0 Å². The molecule has 1 amide bonds. The molecule has 6 nitrogen and oxygen atoms in total. The average molecular weight is 330 g/mol. The molecule has 3 rings (SSSR count). The quantitative estimate of drug-likeness (QED) is 0.652. The molecule has 1 aliphatic rings. The molecule has 1 N–H and O–H groups in total. The summed E-state index contributed by atoms with van der Waals surface area (Å²) >= 11 is 0. The zero-order chi connectivity index (χ0) is 17.1. The number of ether oxygens (including phenoxy) is 1. The predicted octanol–water partition coefficient (Wildman–Crippen LogP) is 3.13. The van der Waals surface area contributed by atoms with E-state index < -0.39 is 28.4 Å². The van der Waals surface area contributed by atoms with Gasteiger partial charge in [0, 0.05) is 23.7 Å². The van der Waals surface area contributed by atoms with E-state index in [1.165, 1.54) is 0 Å². The summed E-state index contributed by atoms with van der Waals surface area (Å²) in [5.74, 6) is -1.35. The Hall–Kier alpha value is -2.96. The Balaban J connectivity index is 1.93. The highest BCUT2D eigenvalue weighted by Crippen LogP contribution is 2.32. The van der Waals surface area contributed by atoms with E-state index in [2.05, 4.69) is 5.32 Å². The molecule has 1 aliphatic carbocycles. The highest BCUT2D eigenvalue weighted by molar-refractivity contribution is 5.83. The van der Waals surface area contributed by atoms with Crippen LogP contribution in [-0.4, -0.2) is 16.9 Å². The summed E-state index contributed by atoms with van der Waals surface area (Å²) < 4.78 is 19.1. The zero-order valence-electron chi connectivity index (χ0n) is 12.6. The maximum atomic E-state index is 13.5. The number of nitro groups is 1. The van der Waals surface area contributed by atoms with Crippen LogP contribution in [0.5, 0.6) is 5.75 Å². The maximum absolute atomic E-state index is 13.5. The van der Waals surface area contributed by atoms with Crippen molar-refractivity contribution in [2.45, 2.75) is 25.0 Å². The number of halogens is 1. The molecule has 1 fully saturated rings. The lowest BCUT2D eigenvalue weighted by Crippen LogP contribution is -2.34. The van der Waals surface area contributed by atoms with Gasteiger partial charge in [0.05, 0.1) is 4.92 Å². The number of benzene rings is 2. The highest BCUT2D eigenvalue weighted by atomic mass is 19.1. The summed E-state index contributed by atoms with van der Waals surface area (Å²) in [5.41, 5.74) is 0.144. The van der Waals surface area contributed by atoms with Crippen LogP contribution in [0.2, 0.25) is 0 Å². The molecule has 2 aromatic rings. The van der Waals surface area contributed by atoms with Gasteiger partial charge in [-0.25, -0.2) is 4.39 Å². The van der Waals surface area contributed by atoms with Gasteiger partial charge in [-0.2, -0.15) is 0 Å². The van der Waals surface area contributed by atoms with Crippen LogP contribution in [0, 0.1) is 15.9 Å². The van der Waals surface area contributed by atoms with E-state index in [9.17, 15) is 19.3 Å². The second-order valence-corrected chi connectivity index (χ2v) is 5.56. The van der Waals surface area contributed by atoms with Gasteiger partial charge in [0.25, 0.3) is 5.91 Å². The van der Waals surface area contributed by atoms with Crippen molar-refractivity contribution in [1.82, 2.24) is 5.32 Å². The number of rotatable bonds is 6. The first-order valence-electron chi connectivity index (χ1n) is 7.50. The minimum atomic E-state index is -1.09. The Morgan fingerprint density at radius 1 is 1.25 bits per heavy atom. The number of nitrogens with zero attached hydrogens (tertiary/aromatic N) is 1. The first kappa shape index (κ1) is 15.9. The van der Waals surface area contributed by atoms with Crippen LogP contribution in [0.25, 0.3) is 0 Å². The van der Waals surface area contributed by atoms with Crippen molar-refractivity contribution < 1.29 is 18.8 Å².